The summed E-state index contributed by atoms with van der Waals surface area (Å²) in [7, 11) is 0. The zero-order chi connectivity index (χ0) is 12.5. The molecule has 0 radical (unpaired) electrons. The molecule has 5 heteroatoms. The van der Waals surface area contributed by atoms with Gasteiger partial charge in [0.1, 0.15) is 0 Å². The highest BCUT2D eigenvalue weighted by Crippen LogP contribution is 2.26. The molecule has 0 unspecified atom stereocenters. The van der Waals surface area contributed by atoms with Crippen LogP contribution in [0, 0.1) is 0 Å². The Kier molecular flexibility index (Phi) is 5.88. The molecule has 1 aromatic rings. The van der Waals surface area contributed by atoms with Crippen molar-refractivity contribution in [3.05, 3.63) is 24.3 Å². The predicted octanol–water partition coefficient (Wildman–Crippen LogP) is 1.23. The molecule has 0 saturated carbocycles. The largest absolute Gasteiger partial charge is 0.490 e. The van der Waals surface area contributed by atoms with E-state index in [-0.39, 0.29) is 5.91 Å². The zero-order valence-electron chi connectivity index (χ0n) is 9.94. The summed E-state index contributed by atoms with van der Waals surface area (Å²) in [6.07, 6.45) is 0.969. The number of hydrogen-bond acceptors (Lipinski definition) is 4. The molecule has 1 rings (SSSR count). The number of nitrogens with one attached hydrogen (secondary N) is 1. The van der Waals surface area contributed by atoms with Crippen LogP contribution in [-0.2, 0) is 4.79 Å². The van der Waals surface area contributed by atoms with E-state index in [9.17, 15) is 4.79 Å². The number of hydrogen-bond donors (Lipinski definition) is 2. The Morgan fingerprint density at radius 2 is 1.94 bits per heavy atom. The second-order valence-electron chi connectivity index (χ2n) is 3.40. The van der Waals surface area contributed by atoms with Crippen LogP contribution in [0.15, 0.2) is 24.3 Å². The smallest absolute Gasteiger partial charge is 0.234 e. The highest BCUT2D eigenvalue weighted by Gasteiger charge is 2.03. The Bertz CT molecular complexity index is 355. The van der Waals surface area contributed by atoms with E-state index in [0.29, 0.717) is 31.8 Å². The quantitative estimate of drug-likeness (QED) is 0.324. The van der Waals surface area contributed by atoms with E-state index in [2.05, 4.69) is 5.43 Å². The summed E-state index contributed by atoms with van der Waals surface area (Å²) in [6, 6.07) is 7.46. The van der Waals surface area contributed by atoms with Gasteiger partial charge < -0.3 is 9.47 Å². The number of benzene rings is 1. The van der Waals surface area contributed by atoms with Crippen molar-refractivity contribution < 1.29 is 14.3 Å². The Balaban J connectivity index is 2.38. The van der Waals surface area contributed by atoms with Crippen LogP contribution < -0.4 is 20.7 Å². The molecule has 1 amide bonds. The normalized spacial score (nSPS) is 9.76. The third-order valence-electron chi connectivity index (χ3n) is 2.12. The Labute approximate surface area is 101 Å². The van der Waals surface area contributed by atoms with Gasteiger partial charge in [-0.3, -0.25) is 10.2 Å². The zero-order valence-corrected chi connectivity index (χ0v) is 9.94. The number of carbonyl (C=O) groups excluding carboxylic acids is 1. The fourth-order valence-corrected chi connectivity index (χ4v) is 1.33. The molecule has 5 nitrogen and oxygen atoms in total. The molecule has 0 saturated heterocycles. The van der Waals surface area contributed by atoms with Gasteiger partial charge in [0.2, 0.25) is 5.91 Å². The van der Waals surface area contributed by atoms with Crippen LogP contribution in [0.3, 0.4) is 0 Å². The summed E-state index contributed by atoms with van der Waals surface area (Å²) >= 11 is 0. The average molecular weight is 238 g/mol. The molecule has 1 aromatic carbocycles. The minimum Gasteiger partial charge on any atom is -0.490 e. The highest BCUT2D eigenvalue weighted by atomic mass is 16.5. The van der Waals surface area contributed by atoms with Gasteiger partial charge >= 0.3 is 0 Å². The van der Waals surface area contributed by atoms with E-state index >= 15 is 0 Å². The molecule has 0 aliphatic heterocycles. The SMILES string of the molecule is CCOc1ccccc1OCCCC(=O)NN. The van der Waals surface area contributed by atoms with Gasteiger partial charge in [0.25, 0.3) is 0 Å². The van der Waals surface area contributed by atoms with Crippen LogP contribution in [0.1, 0.15) is 19.8 Å². The third kappa shape index (κ3) is 4.74. The third-order valence-corrected chi connectivity index (χ3v) is 2.12. The van der Waals surface area contributed by atoms with Crippen molar-refractivity contribution in [2.24, 2.45) is 5.84 Å². The molecular formula is C12H18N2O3. The maximum absolute atomic E-state index is 10.9. The highest BCUT2D eigenvalue weighted by molar-refractivity contribution is 5.75. The van der Waals surface area contributed by atoms with Gasteiger partial charge in [-0.15, -0.1) is 0 Å². The molecule has 0 bridgehead atoms. The summed E-state index contributed by atoms with van der Waals surface area (Å²) in [5.74, 6) is 6.20. The molecular weight excluding hydrogens is 220 g/mol. The van der Waals surface area contributed by atoms with Gasteiger partial charge in [-0.2, -0.15) is 0 Å². The molecule has 0 atom stereocenters. The molecule has 94 valence electrons. The van der Waals surface area contributed by atoms with E-state index in [1.54, 1.807) is 0 Å². The number of amides is 1. The second-order valence-corrected chi connectivity index (χ2v) is 3.40. The fourth-order valence-electron chi connectivity index (χ4n) is 1.33. The number of carbonyl (C=O) groups is 1. The Morgan fingerprint density at radius 1 is 1.29 bits per heavy atom. The van der Waals surface area contributed by atoms with Crippen molar-refractivity contribution in [2.75, 3.05) is 13.2 Å². The Morgan fingerprint density at radius 3 is 2.53 bits per heavy atom. The lowest BCUT2D eigenvalue weighted by Gasteiger charge is -2.11. The maximum Gasteiger partial charge on any atom is 0.234 e. The molecule has 0 spiro atoms. The van der Waals surface area contributed by atoms with Crippen molar-refractivity contribution >= 4 is 5.91 Å². The first-order valence-corrected chi connectivity index (χ1v) is 5.62. The van der Waals surface area contributed by atoms with Gasteiger partial charge in [0, 0.05) is 6.42 Å². The molecule has 0 aliphatic rings. The molecule has 0 aliphatic carbocycles. The van der Waals surface area contributed by atoms with E-state index < -0.39 is 0 Å². The van der Waals surface area contributed by atoms with Crippen LogP contribution >= 0.6 is 0 Å². The standard InChI is InChI=1S/C12H18N2O3/c1-2-16-10-6-3-4-7-11(10)17-9-5-8-12(15)14-13/h3-4,6-7H,2,5,8-9,13H2,1H3,(H,14,15). The first-order valence-electron chi connectivity index (χ1n) is 5.62. The number of hydrazine groups is 1. The summed E-state index contributed by atoms with van der Waals surface area (Å²) in [4.78, 5) is 10.9. The van der Waals surface area contributed by atoms with Crippen LogP contribution in [0.4, 0.5) is 0 Å². The van der Waals surface area contributed by atoms with E-state index in [1.165, 1.54) is 0 Å². The molecule has 17 heavy (non-hydrogen) atoms. The number of para-hydroxylation sites is 2. The van der Waals surface area contributed by atoms with E-state index in [1.807, 2.05) is 31.2 Å². The number of rotatable bonds is 7. The van der Waals surface area contributed by atoms with Crippen molar-refractivity contribution in [3.8, 4) is 11.5 Å². The predicted molar refractivity (Wildman–Crippen MR) is 64.7 cm³/mol. The van der Waals surface area contributed by atoms with Crippen molar-refractivity contribution in [1.29, 1.82) is 0 Å². The van der Waals surface area contributed by atoms with Crippen LogP contribution in [-0.4, -0.2) is 19.1 Å². The van der Waals surface area contributed by atoms with Gasteiger partial charge in [-0.25, -0.2) is 5.84 Å². The topological polar surface area (TPSA) is 73.6 Å². The fraction of sp³-hybridized carbons (Fsp3) is 0.417. The summed E-state index contributed by atoms with van der Waals surface area (Å²) in [5, 5.41) is 0. The van der Waals surface area contributed by atoms with E-state index in [4.69, 9.17) is 15.3 Å². The molecule has 0 heterocycles. The monoisotopic (exact) mass is 238 g/mol. The summed E-state index contributed by atoms with van der Waals surface area (Å²) < 4.78 is 11.0. The lowest BCUT2D eigenvalue weighted by Crippen LogP contribution is -2.29. The lowest BCUT2D eigenvalue weighted by atomic mass is 10.3. The van der Waals surface area contributed by atoms with Crippen molar-refractivity contribution in [3.63, 3.8) is 0 Å². The van der Waals surface area contributed by atoms with Gasteiger partial charge in [-0.1, -0.05) is 12.1 Å². The minimum atomic E-state index is -0.188. The molecule has 0 fully saturated rings. The first-order chi connectivity index (χ1) is 8.27. The average Bonchev–Trinajstić information content (AvgIpc) is 2.36. The molecule has 0 aromatic heterocycles. The Hall–Kier alpha value is -1.75. The second kappa shape index (κ2) is 7.51. The van der Waals surface area contributed by atoms with Crippen molar-refractivity contribution in [2.45, 2.75) is 19.8 Å². The van der Waals surface area contributed by atoms with Crippen LogP contribution in [0.25, 0.3) is 0 Å². The van der Waals surface area contributed by atoms with Crippen LogP contribution in [0.2, 0.25) is 0 Å². The molecule has 3 N–H and O–H groups in total. The van der Waals surface area contributed by atoms with Crippen LogP contribution in [0.5, 0.6) is 11.5 Å². The number of ether oxygens (including phenoxy) is 2. The van der Waals surface area contributed by atoms with Crippen molar-refractivity contribution in [1.82, 2.24) is 5.43 Å². The minimum absolute atomic E-state index is 0.188. The summed E-state index contributed by atoms with van der Waals surface area (Å²) in [5.41, 5.74) is 2.08. The summed E-state index contributed by atoms with van der Waals surface area (Å²) in [6.45, 7) is 2.97. The van der Waals surface area contributed by atoms with E-state index in [0.717, 1.165) is 5.75 Å². The van der Waals surface area contributed by atoms with Gasteiger partial charge in [0.05, 0.1) is 13.2 Å². The first kappa shape index (κ1) is 13.3. The number of nitrogens with two attached hydrogens (primary N) is 1. The maximum atomic E-state index is 10.9. The van der Waals surface area contributed by atoms with Gasteiger partial charge in [0.15, 0.2) is 11.5 Å². The lowest BCUT2D eigenvalue weighted by molar-refractivity contribution is -0.121. The van der Waals surface area contributed by atoms with Gasteiger partial charge in [-0.05, 0) is 25.5 Å².